The molecule has 0 saturated heterocycles. The van der Waals surface area contributed by atoms with E-state index in [9.17, 15) is 13.6 Å². The topological polar surface area (TPSA) is 54.9 Å². The number of quaternary nitrogens is 1. The van der Waals surface area contributed by atoms with Crippen molar-refractivity contribution in [1.29, 1.82) is 0 Å². The first-order valence-corrected chi connectivity index (χ1v) is 7.81. The summed E-state index contributed by atoms with van der Waals surface area (Å²) in [5.74, 6) is -1.35. The van der Waals surface area contributed by atoms with Gasteiger partial charge in [0.2, 0.25) is 0 Å². The van der Waals surface area contributed by atoms with Crippen molar-refractivity contribution in [3.8, 4) is 5.75 Å². The summed E-state index contributed by atoms with van der Waals surface area (Å²) in [6.45, 7) is 4.36. The van der Waals surface area contributed by atoms with Crippen molar-refractivity contribution in [2.75, 3.05) is 18.5 Å². The standard InChI is InChI=1S/C18H20F2N2O2/c1-3-24-17-7-5-4-6-16(17)22-18(23)11-21-12(2)13-8-9-14(19)15(20)10-13/h4-10,12,21H,3,11H2,1-2H3,(H,22,23)/p+1/t12-/m0/s1. The minimum atomic E-state index is -0.886. The number of ether oxygens (including phenoxy) is 1. The zero-order valence-electron chi connectivity index (χ0n) is 13.7. The molecule has 1 amide bonds. The van der Waals surface area contributed by atoms with Gasteiger partial charge in [0.1, 0.15) is 11.8 Å². The third kappa shape index (κ3) is 4.76. The van der Waals surface area contributed by atoms with Gasteiger partial charge in [-0.1, -0.05) is 12.1 Å². The van der Waals surface area contributed by atoms with Gasteiger partial charge in [-0.05, 0) is 44.2 Å². The Kier molecular flexibility index (Phi) is 6.26. The molecular weight excluding hydrogens is 314 g/mol. The molecule has 2 rings (SSSR count). The number of para-hydroxylation sites is 2. The predicted octanol–water partition coefficient (Wildman–Crippen LogP) is 2.63. The lowest BCUT2D eigenvalue weighted by molar-refractivity contribution is -0.682. The maximum Gasteiger partial charge on any atom is 0.279 e. The zero-order chi connectivity index (χ0) is 17.5. The molecule has 0 heterocycles. The minimum Gasteiger partial charge on any atom is -0.492 e. The largest absolute Gasteiger partial charge is 0.492 e. The average molecular weight is 335 g/mol. The second-order valence-corrected chi connectivity index (χ2v) is 5.38. The van der Waals surface area contributed by atoms with Crippen molar-refractivity contribution in [3.63, 3.8) is 0 Å². The highest BCUT2D eigenvalue weighted by Gasteiger charge is 2.14. The number of carbonyl (C=O) groups is 1. The third-order valence-corrected chi connectivity index (χ3v) is 3.59. The van der Waals surface area contributed by atoms with Crippen LogP contribution >= 0.6 is 0 Å². The molecule has 0 radical (unpaired) electrons. The Balaban J connectivity index is 1.92. The van der Waals surface area contributed by atoms with Gasteiger partial charge in [-0.2, -0.15) is 0 Å². The van der Waals surface area contributed by atoms with Crippen LogP contribution in [-0.2, 0) is 4.79 Å². The fraction of sp³-hybridized carbons (Fsp3) is 0.278. The van der Waals surface area contributed by atoms with E-state index >= 15 is 0 Å². The SMILES string of the molecule is CCOc1ccccc1NC(=O)C[NH2+][C@@H](C)c1ccc(F)c(F)c1. The quantitative estimate of drug-likeness (QED) is 0.817. The van der Waals surface area contributed by atoms with E-state index in [-0.39, 0.29) is 18.5 Å². The number of rotatable bonds is 7. The second kappa shape index (κ2) is 8.40. The molecule has 0 unspecified atom stereocenters. The Bertz CT molecular complexity index is 707. The maximum absolute atomic E-state index is 13.3. The van der Waals surface area contributed by atoms with Gasteiger partial charge in [-0.25, -0.2) is 8.78 Å². The molecule has 0 aliphatic heterocycles. The van der Waals surface area contributed by atoms with Crippen molar-refractivity contribution in [2.24, 2.45) is 0 Å². The predicted molar refractivity (Wildman–Crippen MR) is 87.8 cm³/mol. The molecule has 0 aromatic heterocycles. The van der Waals surface area contributed by atoms with E-state index in [1.165, 1.54) is 6.07 Å². The van der Waals surface area contributed by atoms with E-state index in [0.29, 0.717) is 23.6 Å². The van der Waals surface area contributed by atoms with Crippen molar-refractivity contribution < 1.29 is 23.6 Å². The highest BCUT2D eigenvalue weighted by molar-refractivity contribution is 5.92. The lowest BCUT2D eigenvalue weighted by Crippen LogP contribution is -2.86. The Morgan fingerprint density at radius 1 is 1.21 bits per heavy atom. The first kappa shape index (κ1) is 17.9. The minimum absolute atomic E-state index is 0.153. The molecular formula is C18H21F2N2O2+. The van der Waals surface area contributed by atoms with Crippen molar-refractivity contribution in [1.82, 2.24) is 0 Å². The third-order valence-electron chi connectivity index (χ3n) is 3.59. The zero-order valence-corrected chi connectivity index (χ0v) is 13.7. The molecule has 24 heavy (non-hydrogen) atoms. The van der Waals surface area contributed by atoms with Gasteiger partial charge in [-0.3, -0.25) is 4.79 Å². The van der Waals surface area contributed by atoms with E-state index in [1.54, 1.807) is 17.4 Å². The summed E-state index contributed by atoms with van der Waals surface area (Å²) in [4.78, 5) is 12.1. The molecule has 128 valence electrons. The smallest absolute Gasteiger partial charge is 0.279 e. The van der Waals surface area contributed by atoms with Crippen LogP contribution in [0.15, 0.2) is 42.5 Å². The van der Waals surface area contributed by atoms with Crippen LogP contribution in [0.3, 0.4) is 0 Å². The van der Waals surface area contributed by atoms with Crippen molar-refractivity contribution >= 4 is 11.6 Å². The molecule has 0 fully saturated rings. The summed E-state index contributed by atoms with van der Waals surface area (Å²) in [5.41, 5.74) is 1.23. The number of carbonyl (C=O) groups excluding carboxylic acids is 1. The first-order chi connectivity index (χ1) is 11.5. The first-order valence-electron chi connectivity index (χ1n) is 7.81. The van der Waals surface area contributed by atoms with Gasteiger partial charge in [-0.15, -0.1) is 0 Å². The number of halogens is 2. The summed E-state index contributed by atoms with van der Waals surface area (Å²) in [5, 5.41) is 4.55. The number of amides is 1. The second-order valence-electron chi connectivity index (χ2n) is 5.38. The van der Waals surface area contributed by atoms with Gasteiger partial charge < -0.3 is 15.4 Å². The molecule has 0 aliphatic rings. The Hall–Kier alpha value is -2.47. The Morgan fingerprint density at radius 3 is 2.67 bits per heavy atom. The average Bonchev–Trinajstić information content (AvgIpc) is 2.57. The van der Waals surface area contributed by atoms with E-state index in [1.807, 2.05) is 26.0 Å². The molecule has 0 aliphatic carbocycles. The van der Waals surface area contributed by atoms with E-state index in [2.05, 4.69) is 5.32 Å². The number of nitrogens with two attached hydrogens (primary N) is 1. The van der Waals surface area contributed by atoms with Gasteiger partial charge >= 0.3 is 0 Å². The summed E-state index contributed by atoms with van der Waals surface area (Å²) in [6, 6.07) is 10.8. The molecule has 0 spiro atoms. The number of hydrogen-bond acceptors (Lipinski definition) is 2. The van der Waals surface area contributed by atoms with Crippen LogP contribution in [0.1, 0.15) is 25.5 Å². The molecule has 3 N–H and O–H groups in total. The van der Waals surface area contributed by atoms with Crippen LogP contribution in [-0.4, -0.2) is 19.1 Å². The van der Waals surface area contributed by atoms with Crippen LogP contribution in [0, 0.1) is 11.6 Å². The van der Waals surface area contributed by atoms with Gasteiger partial charge in [0.15, 0.2) is 18.2 Å². The van der Waals surface area contributed by atoms with Crippen molar-refractivity contribution in [2.45, 2.75) is 19.9 Å². The van der Waals surface area contributed by atoms with Crippen molar-refractivity contribution in [3.05, 3.63) is 59.7 Å². The fourth-order valence-electron chi connectivity index (χ4n) is 2.27. The summed E-state index contributed by atoms with van der Waals surface area (Å²) in [7, 11) is 0. The van der Waals surface area contributed by atoms with Crippen LogP contribution in [0.5, 0.6) is 5.75 Å². The van der Waals surface area contributed by atoms with E-state index in [4.69, 9.17) is 4.74 Å². The normalized spacial score (nSPS) is 11.8. The highest BCUT2D eigenvalue weighted by atomic mass is 19.2. The van der Waals surface area contributed by atoms with E-state index < -0.39 is 11.6 Å². The summed E-state index contributed by atoms with van der Waals surface area (Å²) in [6.07, 6.45) is 0. The Morgan fingerprint density at radius 2 is 1.96 bits per heavy atom. The summed E-state index contributed by atoms with van der Waals surface area (Å²) < 4.78 is 31.7. The number of hydrogen-bond donors (Lipinski definition) is 2. The molecule has 2 aromatic carbocycles. The molecule has 2 aromatic rings. The van der Waals surface area contributed by atoms with Gasteiger partial charge in [0.05, 0.1) is 12.3 Å². The monoisotopic (exact) mass is 335 g/mol. The fourth-order valence-corrected chi connectivity index (χ4v) is 2.27. The number of nitrogens with one attached hydrogen (secondary N) is 1. The molecule has 1 atom stereocenters. The van der Waals surface area contributed by atoms with Gasteiger partial charge in [0.25, 0.3) is 5.91 Å². The molecule has 0 bridgehead atoms. The molecule has 6 heteroatoms. The number of benzene rings is 2. The van der Waals surface area contributed by atoms with Crippen LogP contribution in [0.25, 0.3) is 0 Å². The van der Waals surface area contributed by atoms with Crippen LogP contribution in [0.4, 0.5) is 14.5 Å². The van der Waals surface area contributed by atoms with Crippen LogP contribution in [0.2, 0.25) is 0 Å². The molecule has 0 saturated carbocycles. The van der Waals surface area contributed by atoms with E-state index in [0.717, 1.165) is 12.1 Å². The molecule has 4 nitrogen and oxygen atoms in total. The van der Waals surface area contributed by atoms with Crippen LogP contribution < -0.4 is 15.4 Å². The lowest BCUT2D eigenvalue weighted by Gasteiger charge is -2.13. The summed E-state index contributed by atoms with van der Waals surface area (Å²) >= 11 is 0. The van der Waals surface area contributed by atoms with Gasteiger partial charge in [0, 0.05) is 5.56 Å². The Labute approximate surface area is 139 Å². The lowest BCUT2D eigenvalue weighted by atomic mass is 10.1. The maximum atomic E-state index is 13.3. The number of anilines is 1. The highest BCUT2D eigenvalue weighted by Crippen LogP contribution is 2.23.